The van der Waals surface area contributed by atoms with Crippen LogP contribution < -0.4 is 10.9 Å². The molecule has 0 aliphatic heterocycles. The second-order valence-electron chi connectivity index (χ2n) is 3.53. The molecule has 2 aromatic heterocycles. The minimum atomic E-state index is -0.585. The van der Waals surface area contributed by atoms with Crippen molar-refractivity contribution in [3.63, 3.8) is 0 Å². The third-order valence-corrected chi connectivity index (χ3v) is 2.46. The van der Waals surface area contributed by atoms with Crippen LogP contribution in [0.1, 0.15) is 16.1 Å². The van der Waals surface area contributed by atoms with Crippen LogP contribution in [0.15, 0.2) is 29.3 Å². The van der Waals surface area contributed by atoms with Gasteiger partial charge in [0.1, 0.15) is 5.56 Å². The second kappa shape index (κ2) is 4.97. The maximum Gasteiger partial charge on any atom is 0.262 e. The lowest BCUT2D eigenvalue weighted by Gasteiger charge is -2.04. The van der Waals surface area contributed by atoms with Crippen molar-refractivity contribution in [2.45, 2.75) is 6.92 Å². The van der Waals surface area contributed by atoms with Crippen molar-refractivity contribution < 1.29 is 4.79 Å². The molecule has 2 rings (SSSR count). The van der Waals surface area contributed by atoms with Gasteiger partial charge in [-0.3, -0.25) is 9.59 Å². The number of carbonyl (C=O) groups excluding carboxylic acids is 1. The first-order valence-corrected chi connectivity index (χ1v) is 5.43. The van der Waals surface area contributed by atoms with Crippen molar-refractivity contribution in [2.75, 3.05) is 5.32 Å². The monoisotopic (exact) mass is 264 g/mol. The van der Waals surface area contributed by atoms with Crippen LogP contribution in [0.25, 0.3) is 0 Å². The molecule has 0 spiro atoms. The fourth-order valence-electron chi connectivity index (χ4n) is 1.33. The average molecular weight is 265 g/mol. The number of halogens is 1. The van der Waals surface area contributed by atoms with Crippen molar-refractivity contribution in [3.8, 4) is 0 Å². The van der Waals surface area contributed by atoms with Crippen LogP contribution in [-0.2, 0) is 0 Å². The van der Waals surface area contributed by atoms with Crippen LogP contribution >= 0.6 is 11.6 Å². The zero-order valence-corrected chi connectivity index (χ0v) is 10.2. The van der Waals surface area contributed by atoms with E-state index in [1.807, 2.05) is 0 Å². The van der Waals surface area contributed by atoms with Gasteiger partial charge in [0.2, 0.25) is 0 Å². The Morgan fingerprint density at radius 2 is 2.06 bits per heavy atom. The molecule has 0 aromatic carbocycles. The maximum absolute atomic E-state index is 11.8. The number of nitrogens with zero attached hydrogens (tertiary/aromatic N) is 2. The Bertz CT molecular complexity index is 653. The summed E-state index contributed by atoms with van der Waals surface area (Å²) in [6.07, 6.45) is 2.79. The Morgan fingerprint density at radius 3 is 2.72 bits per heavy atom. The van der Waals surface area contributed by atoms with Gasteiger partial charge in [-0.1, -0.05) is 11.6 Å². The molecule has 0 radical (unpaired) electrons. The predicted octanol–water partition coefficient (Wildman–Crippen LogP) is 1.38. The molecule has 1 amide bonds. The Hall–Kier alpha value is -2.21. The van der Waals surface area contributed by atoms with E-state index in [-0.39, 0.29) is 16.5 Å². The summed E-state index contributed by atoms with van der Waals surface area (Å²) in [5, 5.41) is 2.49. The van der Waals surface area contributed by atoms with Gasteiger partial charge in [-0.05, 0) is 19.1 Å². The minimum Gasteiger partial charge on any atom is -0.326 e. The molecule has 0 saturated heterocycles. The lowest BCUT2D eigenvalue weighted by atomic mass is 10.2. The zero-order chi connectivity index (χ0) is 13.1. The highest BCUT2D eigenvalue weighted by atomic mass is 35.5. The van der Waals surface area contributed by atoms with Gasteiger partial charge in [0.05, 0.1) is 0 Å². The summed E-state index contributed by atoms with van der Waals surface area (Å²) < 4.78 is 0. The van der Waals surface area contributed by atoms with Crippen LogP contribution in [0.4, 0.5) is 5.82 Å². The number of hydrogen-bond donors (Lipinski definition) is 2. The first kappa shape index (κ1) is 12.3. The van der Waals surface area contributed by atoms with Crippen LogP contribution in [-0.4, -0.2) is 20.9 Å². The number of carbonyl (C=O) groups is 1. The molecule has 0 atom stereocenters. The number of nitrogens with one attached hydrogen (secondary N) is 2. The summed E-state index contributed by atoms with van der Waals surface area (Å²) in [4.78, 5) is 33.6. The molecular weight excluding hydrogens is 256 g/mol. The van der Waals surface area contributed by atoms with Crippen LogP contribution in [0.5, 0.6) is 0 Å². The van der Waals surface area contributed by atoms with Crippen LogP contribution in [0.3, 0.4) is 0 Å². The van der Waals surface area contributed by atoms with Crippen molar-refractivity contribution in [1.29, 1.82) is 0 Å². The van der Waals surface area contributed by atoms with Crippen molar-refractivity contribution in [3.05, 3.63) is 51.3 Å². The molecule has 2 N–H and O–H groups in total. The summed E-state index contributed by atoms with van der Waals surface area (Å²) in [6.45, 7) is 1.72. The highest BCUT2D eigenvalue weighted by Gasteiger charge is 2.13. The molecule has 0 bridgehead atoms. The predicted molar refractivity (Wildman–Crippen MR) is 66.8 cm³/mol. The molecule has 0 saturated carbocycles. The lowest BCUT2D eigenvalue weighted by Crippen LogP contribution is -2.23. The minimum absolute atomic E-state index is 0.0117. The number of rotatable bonds is 2. The average Bonchev–Trinajstić information content (AvgIpc) is 2.32. The molecule has 0 aliphatic carbocycles. The topological polar surface area (TPSA) is 87.7 Å². The highest BCUT2D eigenvalue weighted by molar-refractivity contribution is 6.32. The third kappa shape index (κ3) is 2.54. The Balaban J connectivity index is 2.28. The summed E-state index contributed by atoms with van der Waals surface area (Å²) >= 11 is 5.75. The number of H-pyrrole nitrogens is 1. The number of hydrogen-bond acceptors (Lipinski definition) is 4. The molecule has 2 heterocycles. The summed E-state index contributed by atoms with van der Waals surface area (Å²) in [5.74, 6) is -0.470. The fraction of sp³-hybridized carbons (Fsp3) is 0.0909. The lowest BCUT2D eigenvalue weighted by molar-refractivity contribution is 0.102. The van der Waals surface area contributed by atoms with Gasteiger partial charge in [-0.2, -0.15) is 0 Å². The largest absolute Gasteiger partial charge is 0.326 e. The van der Waals surface area contributed by atoms with Gasteiger partial charge in [-0.25, -0.2) is 9.97 Å². The number of aryl methyl sites for hydroxylation is 1. The molecule has 0 fully saturated rings. The zero-order valence-electron chi connectivity index (χ0n) is 9.40. The standard InChI is InChI=1S/C11H9ClN4O2/c1-6-2-3-7(10(17)15-6)11(18)16-9-8(12)13-4-5-14-9/h2-5H,1H3,(H,15,17)(H,14,16,18). The normalized spacial score (nSPS) is 10.1. The van der Waals surface area contributed by atoms with E-state index in [4.69, 9.17) is 11.6 Å². The Kier molecular flexibility index (Phi) is 3.38. The number of pyridine rings is 1. The number of amides is 1. The summed E-state index contributed by atoms with van der Waals surface area (Å²) in [7, 11) is 0. The van der Waals surface area contributed by atoms with Gasteiger partial charge < -0.3 is 10.3 Å². The molecular formula is C11H9ClN4O2. The fourth-order valence-corrected chi connectivity index (χ4v) is 1.48. The Morgan fingerprint density at radius 1 is 1.33 bits per heavy atom. The molecule has 7 heteroatoms. The molecule has 6 nitrogen and oxygen atoms in total. The molecule has 18 heavy (non-hydrogen) atoms. The smallest absolute Gasteiger partial charge is 0.262 e. The van der Waals surface area contributed by atoms with E-state index < -0.39 is 11.5 Å². The Labute approximate surface area is 107 Å². The van der Waals surface area contributed by atoms with Crippen molar-refractivity contribution in [2.24, 2.45) is 0 Å². The van der Waals surface area contributed by atoms with Crippen molar-refractivity contribution in [1.82, 2.24) is 15.0 Å². The van der Waals surface area contributed by atoms with Gasteiger partial charge in [0.25, 0.3) is 11.5 Å². The second-order valence-corrected chi connectivity index (χ2v) is 3.89. The van der Waals surface area contributed by atoms with E-state index in [0.717, 1.165) is 0 Å². The SMILES string of the molecule is Cc1ccc(C(=O)Nc2nccnc2Cl)c(=O)[nH]1. The van der Waals surface area contributed by atoms with E-state index in [2.05, 4.69) is 20.3 Å². The number of aromatic amines is 1. The summed E-state index contributed by atoms with van der Waals surface area (Å²) in [6, 6.07) is 3.07. The third-order valence-electron chi connectivity index (χ3n) is 2.19. The molecule has 0 aliphatic rings. The quantitative estimate of drug-likeness (QED) is 0.858. The van der Waals surface area contributed by atoms with Crippen LogP contribution in [0.2, 0.25) is 5.15 Å². The first-order valence-electron chi connectivity index (χ1n) is 5.05. The van der Waals surface area contributed by atoms with Gasteiger partial charge in [0, 0.05) is 18.1 Å². The molecule has 0 unspecified atom stereocenters. The maximum atomic E-state index is 11.8. The van der Waals surface area contributed by atoms with Crippen molar-refractivity contribution >= 4 is 23.3 Å². The summed E-state index contributed by atoms with van der Waals surface area (Å²) in [5.41, 5.74) is 0.198. The van der Waals surface area contributed by atoms with E-state index in [0.29, 0.717) is 5.69 Å². The number of aromatic nitrogens is 3. The van der Waals surface area contributed by atoms with E-state index >= 15 is 0 Å². The van der Waals surface area contributed by atoms with Gasteiger partial charge >= 0.3 is 0 Å². The highest BCUT2D eigenvalue weighted by Crippen LogP contribution is 2.14. The van der Waals surface area contributed by atoms with Crippen LogP contribution in [0, 0.1) is 6.92 Å². The van der Waals surface area contributed by atoms with E-state index in [1.54, 1.807) is 13.0 Å². The van der Waals surface area contributed by atoms with E-state index in [9.17, 15) is 9.59 Å². The molecule has 2 aromatic rings. The van der Waals surface area contributed by atoms with Gasteiger partial charge in [-0.15, -0.1) is 0 Å². The van der Waals surface area contributed by atoms with Gasteiger partial charge in [0.15, 0.2) is 11.0 Å². The van der Waals surface area contributed by atoms with E-state index in [1.165, 1.54) is 18.5 Å². The first-order chi connectivity index (χ1) is 8.58. The molecule has 92 valence electrons. The number of anilines is 1.